The van der Waals surface area contributed by atoms with Crippen molar-refractivity contribution in [3.05, 3.63) is 88.7 Å². The number of hydrogen-bond donors (Lipinski definition) is 1. The van der Waals surface area contributed by atoms with Gasteiger partial charge in [0.2, 0.25) is 5.91 Å². The van der Waals surface area contributed by atoms with E-state index >= 15 is 0 Å². The highest BCUT2D eigenvalue weighted by atomic mass is 16.5. The molecule has 9 heteroatoms. The van der Waals surface area contributed by atoms with E-state index < -0.39 is 0 Å². The molecule has 2 aromatic carbocycles. The Kier molecular flexibility index (Phi) is 8.71. The zero-order chi connectivity index (χ0) is 32.5. The molecule has 1 N–H and O–H groups in total. The van der Waals surface area contributed by atoms with E-state index in [1.807, 2.05) is 37.3 Å². The molecule has 0 radical (unpaired) electrons. The summed E-state index contributed by atoms with van der Waals surface area (Å²) < 4.78 is 13.2. The van der Waals surface area contributed by atoms with Crippen LogP contribution in [0.4, 0.5) is 5.69 Å². The number of nitrogens with zero attached hydrogens (tertiary/aromatic N) is 4. The van der Waals surface area contributed by atoms with Gasteiger partial charge in [0.1, 0.15) is 17.9 Å². The molecule has 4 heterocycles. The van der Waals surface area contributed by atoms with Gasteiger partial charge in [0.05, 0.1) is 30.2 Å². The Labute approximate surface area is 276 Å². The number of aromatic nitrogens is 3. The molecule has 4 aromatic rings. The summed E-state index contributed by atoms with van der Waals surface area (Å²) in [5.74, 6) is 2.27. The SMILES string of the molecule is CCOC(=O)c1cnn(-c2cccc(-c3cccc4c3C(Nc3ccc(C5CCN(C(=O)C6CC6)CC5)c(CC)c3)CO4)n2)c1CC. The van der Waals surface area contributed by atoms with Crippen LogP contribution in [0.1, 0.15) is 91.2 Å². The third-order valence-corrected chi connectivity index (χ3v) is 9.78. The predicted octanol–water partition coefficient (Wildman–Crippen LogP) is 6.90. The maximum absolute atomic E-state index is 12.6. The number of likely N-dealkylation sites (tertiary alicyclic amines) is 1. The van der Waals surface area contributed by atoms with Crippen molar-refractivity contribution >= 4 is 17.6 Å². The van der Waals surface area contributed by atoms with E-state index in [9.17, 15) is 9.59 Å². The molecule has 0 bridgehead atoms. The highest BCUT2D eigenvalue weighted by Gasteiger charge is 2.35. The fourth-order valence-corrected chi connectivity index (χ4v) is 7.21. The van der Waals surface area contributed by atoms with Crippen molar-refractivity contribution in [2.24, 2.45) is 5.92 Å². The largest absolute Gasteiger partial charge is 0.491 e. The molecule has 2 aromatic heterocycles. The average molecular weight is 634 g/mol. The Morgan fingerprint density at radius 2 is 1.79 bits per heavy atom. The van der Waals surface area contributed by atoms with Crippen LogP contribution in [-0.4, -0.2) is 57.8 Å². The molecule has 2 aliphatic heterocycles. The number of carbonyl (C=O) groups is 2. The monoisotopic (exact) mass is 633 g/mol. The fraction of sp³-hybridized carbons (Fsp3) is 0.421. The van der Waals surface area contributed by atoms with Crippen LogP contribution < -0.4 is 10.1 Å². The van der Waals surface area contributed by atoms with Crippen molar-refractivity contribution in [1.82, 2.24) is 19.7 Å². The predicted molar refractivity (Wildman–Crippen MR) is 181 cm³/mol. The summed E-state index contributed by atoms with van der Waals surface area (Å²) in [5.41, 5.74) is 7.96. The molecule has 1 saturated carbocycles. The smallest absolute Gasteiger partial charge is 0.341 e. The number of pyridine rings is 1. The van der Waals surface area contributed by atoms with Gasteiger partial charge in [-0.15, -0.1) is 0 Å². The summed E-state index contributed by atoms with van der Waals surface area (Å²) in [6.45, 7) is 8.57. The average Bonchev–Trinajstić information content (AvgIpc) is 3.74. The van der Waals surface area contributed by atoms with E-state index in [1.165, 1.54) is 11.1 Å². The molecule has 3 aliphatic rings. The molecule has 1 amide bonds. The number of esters is 1. The number of aryl methyl sites for hydroxylation is 1. The highest BCUT2D eigenvalue weighted by Crippen LogP contribution is 2.42. The van der Waals surface area contributed by atoms with E-state index in [-0.39, 0.29) is 12.0 Å². The van der Waals surface area contributed by atoms with Gasteiger partial charge in [-0.25, -0.2) is 14.5 Å². The van der Waals surface area contributed by atoms with E-state index in [2.05, 4.69) is 46.5 Å². The molecule has 1 saturated heterocycles. The number of carbonyl (C=O) groups excluding carboxylic acids is 2. The lowest BCUT2D eigenvalue weighted by Gasteiger charge is -2.33. The molecule has 244 valence electrons. The highest BCUT2D eigenvalue weighted by molar-refractivity contribution is 5.90. The summed E-state index contributed by atoms with van der Waals surface area (Å²) in [6, 6.07) is 18.7. The Balaban J connectivity index is 1.12. The zero-order valence-electron chi connectivity index (χ0n) is 27.5. The van der Waals surface area contributed by atoms with Crippen molar-refractivity contribution in [2.75, 3.05) is 31.6 Å². The van der Waals surface area contributed by atoms with Crippen LogP contribution in [0.3, 0.4) is 0 Å². The summed E-state index contributed by atoms with van der Waals surface area (Å²) in [5, 5.41) is 8.29. The quantitative estimate of drug-likeness (QED) is 0.190. The lowest BCUT2D eigenvalue weighted by Crippen LogP contribution is -2.38. The van der Waals surface area contributed by atoms with Gasteiger partial charge < -0.3 is 19.7 Å². The molecule has 0 spiro atoms. The van der Waals surface area contributed by atoms with Crippen LogP contribution in [0, 0.1) is 5.92 Å². The number of hydrogen-bond acceptors (Lipinski definition) is 7. The maximum Gasteiger partial charge on any atom is 0.341 e. The number of ether oxygens (including phenoxy) is 2. The molecule has 1 aliphatic carbocycles. The van der Waals surface area contributed by atoms with Crippen molar-refractivity contribution in [1.29, 1.82) is 0 Å². The Morgan fingerprint density at radius 1 is 0.979 bits per heavy atom. The van der Waals surface area contributed by atoms with E-state index in [0.29, 0.717) is 48.8 Å². The second-order valence-corrected chi connectivity index (χ2v) is 12.7. The second kappa shape index (κ2) is 13.2. The van der Waals surface area contributed by atoms with Crippen LogP contribution in [-0.2, 0) is 22.4 Å². The summed E-state index contributed by atoms with van der Waals surface area (Å²) in [7, 11) is 0. The molecular weight excluding hydrogens is 590 g/mol. The fourth-order valence-electron chi connectivity index (χ4n) is 7.21. The molecule has 47 heavy (non-hydrogen) atoms. The number of benzene rings is 2. The second-order valence-electron chi connectivity index (χ2n) is 12.7. The van der Waals surface area contributed by atoms with Crippen LogP contribution in [0.5, 0.6) is 5.75 Å². The minimum atomic E-state index is -0.372. The lowest BCUT2D eigenvalue weighted by molar-refractivity contribution is -0.133. The van der Waals surface area contributed by atoms with Gasteiger partial charge >= 0.3 is 5.97 Å². The minimum Gasteiger partial charge on any atom is -0.491 e. The first-order valence-electron chi connectivity index (χ1n) is 17.1. The Hall–Kier alpha value is -4.66. The Bertz CT molecular complexity index is 1790. The van der Waals surface area contributed by atoms with Gasteiger partial charge in [0.25, 0.3) is 0 Å². The molecule has 1 atom stereocenters. The molecule has 2 fully saturated rings. The lowest BCUT2D eigenvalue weighted by atomic mass is 9.85. The van der Waals surface area contributed by atoms with Gasteiger partial charge in [-0.3, -0.25) is 4.79 Å². The molecule has 1 unspecified atom stereocenters. The number of anilines is 1. The molecule has 9 nitrogen and oxygen atoms in total. The van der Waals surface area contributed by atoms with Gasteiger partial charge in [-0.1, -0.05) is 38.1 Å². The van der Waals surface area contributed by atoms with Gasteiger partial charge in [-0.2, -0.15) is 5.10 Å². The number of piperidine rings is 1. The van der Waals surface area contributed by atoms with Crippen LogP contribution in [0.15, 0.2) is 60.8 Å². The third-order valence-electron chi connectivity index (χ3n) is 9.78. The number of nitrogens with one attached hydrogen (secondary N) is 1. The topological polar surface area (TPSA) is 98.6 Å². The zero-order valence-corrected chi connectivity index (χ0v) is 27.5. The standard InChI is InChI=1S/C38H43N5O4/c1-4-24-21-27(15-16-28(24)25-17-19-42(20-18-25)37(44)26-13-14-26)40-32-23-47-34-11-7-9-29(36(32)34)31-10-8-12-35(41-31)43-33(5-2)30(22-39-43)38(45)46-6-3/h7-12,15-16,21-22,25-26,32,40H,4-6,13-14,17-20,23H2,1-3H3. The summed E-state index contributed by atoms with van der Waals surface area (Å²) in [6.07, 6.45) is 7.32. The van der Waals surface area contributed by atoms with Crippen molar-refractivity contribution < 1.29 is 19.1 Å². The number of fused-ring (bicyclic) bond motifs is 1. The first-order chi connectivity index (χ1) is 23.0. The van der Waals surface area contributed by atoms with E-state index in [0.717, 1.165) is 79.1 Å². The van der Waals surface area contributed by atoms with Crippen LogP contribution in [0.25, 0.3) is 17.1 Å². The van der Waals surface area contributed by atoms with Crippen molar-refractivity contribution in [2.45, 2.75) is 71.3 Å². The third kappa shape index (κ3) is 6.11. The molecule has 7 rings (SSSR count). The first kappa shape index (κ1) is 31.0. The number of amides is 1. The maximum atomic E-state index is 12.6. The van der Waals surface area contributed by atoms with Gasteiger partial charge in [0, 0.05) is 35.8 Å². The van der Waals surface area contributed by atoms with E-state index in [1.54, 1.807) is 17.8 Å². The molecular formula is C38H43N5O4. The van der Waals surface area contributed by atoms with Crippen LogP contribution in [0.2, 0.25) is 0 Å². The summed E-state index contributed by atoms with van der Waals surface area (Å²) >= 11 is 0. The Morgan fingerprint density at radius 3 is 2.53 bits per heavy atom. The van der Waals surface area contributed by atoms with Gasteiger partial charge in [0.15, 0.2) is 5.82 Å². The summed E-state index contributed by atoms with van der Waals surface area (Å²) in [4.78, 5) is 32.2. The first-order valence-corrected chi connectivity index (χ1v) is 17.1. The van der Waals surface area contributed by atoms with E-state index in [4.69, 9.17) is 14.5 Å². The van der Waals surface area contributed by atoms with Gasteiger partial charge in [-0.05, 0) is 92.8 Å². The van der Waals surface area contributed by atoms with Crippen molar-refractivity contribution in [3.63, 3.8) is 0 Å². The normalized spacial score (nSPS) is 17.7. The number of rotatable bonds is 10. The van der Waals surface area contributed by atoms with Crippen molar-refractivity contribution in [3.8, 4) is 22.8 Å². The van der Waals surface area contributed by atoms with Crippen LogP contribution >= 0.6 is 0 Å². The minimum absolute atomic E-state index is 0.0507.